The van der Waals surface area contributed by atoms with Crippen molar-refractivity contribution in [2.45, 2.75) is 32.6 Å². The molecule has 2 aromatic rings. The highest BCUT2D eigenvalue weighted by Crippen LogP contribution is 2.11. The van der Waals surface area contributed by atoms with Gasteiger partial charge in [0.05, 0.1) is 24.9 Å². The molecule has 0 radical (unpaired) electrons. The fourth-order valence-electron chi connectivity index (χ4n) is 2.16. The summed E-state index contributed by atoms with van der Waals surface area (Å²) in [6.07, 6.45) is 5.60. The van der Waals surface area contributed by atoms with E-state index in [2.05, 4.69) is 22.5 Å². The molecule has 5 heteroatoms. The Morgan fingerprint density at radius 2 is 1.96 bits per heavy atom. The SMILES string of the molecule is CCCCCNc1ccc(NC(=O)CCOc2ccccc2)nc1. The second-order valence-corrected chi connectivity index (χ2v) is 5.53. The van der Waals surface area contributed by atoms with Gasteiger partial charge in [0.15, 0.2) is 0 Å². The first kappa shape index (κ1) is 17.8. The molecule has 2 rings (SSSR count). The molecule has 0 spiro atoms. The van der Waals surface area contributed by atoms with E-state index in [-0.39, 0.29) is 12.3 Å². The zero-order chi connectivity index (χ0) is 17.0. The Hall–Kier alpha value is -2.56. The molecule has 0 atom stereocenters. The molecule has 24 heavy (non-hydrogen) atoms. The Balaban J connectivity index is 1.67. The minimum Gasteiger partial charge on any atom is -0.493 e. The van der Waals surface area contributed by atoms with Crippen LogP contribution in [0.5, 0.6) is 5.75 Å². The van der Waals surface area contributed by atoms with E-state index in [9.17, 15) is 4.79 Å². The van der Waals surface area contributed by atoms with E-state index in [1.165, 1.54) is 12.8 Å². The van der Waals surface area contributed by atoms with Crippen molar-refractivity contribution in [1.29, 1.82) is 0 Å². The minimum atomic E-state index is -0.109. The van der Waals surface area contributed by atoms with Crippen molar-refractivity contribution in [3.05, 3.63) is 48.7 Å². The maximum Gasteiger partial charge on any atom is 0.228 e. The van der Waals surface area contributed by atoms with Gasteiger partial charge < -0.3 is 15.4 Å². The number of anilines is 2. The number of hydrogen-bond donors (Lipinski definition) is 2. The third kappa shape index (κ3) is 6.69. The van der Waals surface area contributed by atoms with Crippen molar-refractivity contribution >= 4 is 17.4 Å². The Morgan fingerprint density at radius 3 is 2.67 bits per heavy atom. The number of carbonyl (C=O) groups is 1. The van der Waals surface area contributed by atoms with Gasteiger partial charge in [-0.05, 0) is 30.7 Å². The van der Waals surface area contributed by atoms with Gasteiger partial charge >= 0.3 is 0 Å². The predicted octanol–water partition coefficient (Wildman–Crippen LogP) is 4.09. The predicted molar refractivity (Wildman–Crippen MR) is 97.4 cm³/mol. The van der Waals surface area contributed by atoms with Gasteiger partial charge in [-0.2, -0.15) is 0 Å². The van der Waals surface area contributed by atoms with E-state index < -0.39 is 0 Å². The van der Waals surface area contributed by atoms with Crippen molar-refractivity contribution in [3.8, 4) is 5.75 Å². The summed E-state index contributed by atoms with van der Waals surface area (Å²) < 4.78 is 5.51. The molecule has 0 saturated carbocycles. The van der Waals surface area contributed by atoms with Crippen LogP contribution >= 0.6 is 0 Å². The van der Waals surface area contributed by atoms with Gasteiger partial charge in [0.1, 0.15) is 11.6 Å². The number of rotatable bonds is 10. The Kier molecular flexibility index (Phi) is 7.60. The maximum absolute atomic E-state index is 11.9. The van der Waals surface area contributed by atoms with Crippen molar-refractivity contribution in [2.75, 3.05) is 23.8 Å². The summed E-state index contributed by atoms with van der Waals surface area (Å²) in [7, 11) is 0. The molecule has 1 aromatic carbocycles. The fraction of sp³-hybridized carbons (Fsp3) is 0.368. The lowest BCUT2D eigenvalue weighted by molar-refractivity contribution is -0.116. The standard InChI is InChI=1S/C19H25N3O2/c1-2-3-7-13-20-16-10-11-18(21-15-16)22-19(23)12-14-24-17-8-5-4-6-9-17/h4-6,8-11,15,20H,2-3,7,12-14H2,1H3,(H,21,22,23). The quantitative estimate of drug-likeness (QED) is 0.645. The van der Waals surface area contributed by atoms with Gasteiger partial charge in [-0.25, -0.2) is 4.98 Å². The molecule has 0 aliphatic carbocycles. The average Bonchev–Trinajstić information content (AvgIpc) is 2.61. The van der Waals surface area contributed by atoms with E-state index in [0.29, 0.717) is 12.4 Å². The Bertz CT molecular complexity index is 600. The molecule has 128 valence electrons. The molecule has 1 heterocycles. The summed E-state index contributed by atoms with van der Waals surface area (Å²) in [5.41, 5.74) is 0.969. The van der Waals surface area contributed by atoms with Crippen molar-refractivity contribution in [3.63, 3.8) is 0 Å². The summed E-state index contributed by atoms with van der Waals surface area (Å²) in [6.45, 7) is 3.47. The van der Waals surface area contributed by atoms with E-state index in [4.69, 9.17) is 4.74 Å². The molecular formula is C19H25N3O2. The van der Waals surface area contributed by atoms with Gasteiger partial charge in [0.25, 0.3) is 0 Å². The summed E-state index contributed by atoms with van der Waals surface area (Å²) >= 11 is 0. The molecule has 2 N–H and O–H groups in total. The Labute approximate surface area is 143 Å². The number of nitrogens with zero attached hydrogens (tertiary/aromatic N) is 1. The molecule has 0 bridgehead atoms. The molecular weight excluding hydrogens is 302 g/mol. The number of unbranched alkanes of at least 4 members (excludes halogenated alkanes) is 2. The lowest BCUT2D eigenvalue weighted by atomic mass is 10.2. The van der Waals surface area contributed by atoms with Crippen LogP contribution in [0.1, 0.15) is 32.6 Å². The van der Waals surface area contributed by atoms with Crippen LogP contribution in [-0.4, -0.2) is 24.0 Å². The highest BCUT2D eigenvalue weighted by Gasteiger charge is 2.04. The number of ether oxygens (including phenoxy) is 1. The zero-order valence-corrected chi connectivity index (χ0v) is 14.1. The van der Waals surface area contributed by atoms with Crippen LogP contribution in [-0.2, 0) is 4.79 Å². The van der Waals surface area contributed by atoms with Gasteiger partial charge in [-0.1, -0.05) is 38.0 Å². The maximum atomic E-state index is 11.9. The molecule has 0 saturated heterocycles. The molecule has 0 aliphatic rings. The molecule has 1 amide bonds. The molecule has 0 fully saturated rings. The van der Waals surface area contributed by atoms with E-state index in [1.54, 1.807) is 12.3 Å². The first-order valence-electron chi connectivity index (χ1n) is 8.45. The first-order valence-corrected chi connectivity index (χ1v) is 8.45. The lowest BCUT2D eigenvalue weighted by Gasteiger charge is -2.08. The van der Waals surface area contributed by atoms with Crippen LogP contribution in [0.4, 0.5) is 11.5 Å². The number of aromatic nitrogens is 1. The normalized spacial score (nSPS) is 10.2. The summed E-state index contributed by atoms with van der Waals surface area (Å²) in [6, 6.07) is 13.2. The highest BCUT2D eigenvalue weighted by atomic mass is 16.5. The second-order valence-electron chi connectivity index (χ2n) is 5.53. The van der Waals surface area contributed by atoms with Crippen LogP contribution in [0.15, 0.2) is 48.7 Å². The number of benzene rings is 1. The number of hydrogen-bond acceptors (Lipinski definition) is 4. The third-order valence-electron chi connectivity index (χ3n) is 3.48. The summed E-state index contributed by atoms with van der Waals surface area (Å²) in [5, 5.41) is 6.09. The number of carbonyl (C=O) groups excluding carboxylic acids is 1. The van der Waals surface area contributed by atoms with Gasteiger partial charge in [0.2, 0.25) is 5.91 Å². The second kappa shape index (κ2) is 10.3. The summed E-state index contributed by atoms with van der Waals surface area (Å²) in [4.78, 5) is 16.1. The van der Waals surface area contributed by atoms with Crippen LogP contribution < -0.4 is 15.4 Å². The number of nitrogens with one attached hydrogen (secondary N) is 2. The molecule has 0 aliphatic heterocycles. The highest BCUT2D eigenvalue weighted by molar-refractivity contribution is 5.89. The number of para-hydroxylation sites is 1. The molecule has 1 aromatic heterocycles. The van der Waals surface area contributed by atoms with Crippen molar-refractivity contribution < 1.29 is 9.53 Å². The van der Waals surface area contributed by atoms with E-state index in [1.807, 2.05) is 36.4 Å². The minimum absolute atomic E-state index is 0.109. The number of pyridine rings is 1. The largest absolute Gasteiger partial charge is 0.493 e. The monoisotopic (exact) mass is 327 g/mol. The Morgan fingerprint density at radius 1 is 1.12 bits per heavy atom. The van der Waals surface area contributed by atoms with Gasteiger partial charge in [0, 0.05) is 6.54 Å². The van der Waals surface area contributed by atoms with Crippen LogP contribution in [0.3, 0.4) is 0 Å². The van der Waals surface area contributed by atoms with E-state index >= 15 is 0 Å². The summed E-state index contributed by atoms with van der Waals surface area (Å²) in [5.74, 6) is 1.21. The zero-order valence-electron chi connectivity index (χ0n) is 14.1. The van der Waals surface area contributed by atoms with Crippen LogP contribution in [0.25, 0.3) is 0 Å². The number of amides is 1. The van der Waals surface area contributed by atoms with Crippen molar-refractivity contribution in [2.24, 2.45) is 0 Å². The fourth-order valence-corrected chi connectivity index (χ4v) is 2.16. The first-order chi connectivity index (χ1) is 11.8. The van der Waals surface area contributed by atoms with Crippen LogP contribution in [0, 0.1) is 0 Å². The average molecular weight is 327 g/mol. The smallest absolute Gasteiger partial charge is 0.228 e. The molecule has 0 unspecified atom stereocenters. The van der Waals surface area contributed by atoms with Crippen molar-refractivity contribution in [1.82, 2.24) is 4.98 Å². The lowest BCUT2D eigenvalue weighted by Crippen LogP contribution is -2.16. The van der Waals surface area contributed by atoms with E-state index in [0.717, 1.165) is 24.4 Å². The van der Waals surface area contributed by atoms with Crippen LogP contribution in [0.2, 0.25) is 0 Å². The molecule has 5 nitrogen and oxygen atoms in total. The topological polar surface area (TPSA) is 63.2 Å². The van der Waals surface area contributed by atoms with Gasteiger partial charge in [-0.3, -0.25) is 4.79 Å². The van der Waals surface area contributed by atoms with Gasteiger partial charge in [-0.15, -0.1) is 0 Å². The third-order valence-corrected chi connectivity index (χ3v) is 3.48.